The molecule has 0 amide bonds. The van der Waals surface area contributed by atoms with Crippen LogP contribution in [0.3, 0.4) is 0 Å². The first-order chi connectivity index (χ1) is 6.40. The largest absolute Gasteiger partial charge is 0.472 e. The van der Waals surface area contributed by atoms with Gasteiger partial charge in [0, 0.05) is 10.9 Å². The topological polar surface area (TPSA) is 26.0 Å². The summed E-state index contributed by atoms with van der Waals surface area (Å²) >= 11 is 1.68. The Balaban J connectivity index is 2.23. The van der Waals surface area contributed by atoms with Crippen LogP contribution in [0.5, 0.6) is 0 Å². The van der Waals surface area contributed by atoms with E-state index in [2.05, 4.69) is 17.3 Å². The standard InChI is InChI=1S/C10H11NOS/c1-2-3-9-7-13-10(11-9)8-4-5-12-6-8/h4-7H,2-3H2,1H3. The van der Waals surface area contributed by atoms with Gasteiger partial charge in [-0.25, -0.2) is 4.98 Å². The van der Waals surface area contributed by atoms with Crippen molar-refractivity contribution in [1.29, 1.82) is 0 Å². The molecule has 0 bridgehead atoms. The summed E-state index contributed by atoms with van der Waals surface area (Å²) in [6.45, 7) is 2.16. The second-order valence-electron chi connectivity index (χ2n) is 2.91. The van der Waals surface area contributed by atoms with Crippen molar-refractivity contribution in [2.24, 2.45) is 0 Å². The second-order valence-corrected chi connectivity index (χ2v) is 3.76. The van der Waals surface area contributed by atoms with Crippen molar-refractivity contribution in [2.75, 3.05) is 0 Å². The molecule has 0 aliphatic heterocycles. The molecule has 2 rings (SSSR count). The Morgan fingerprint density at radius 3 is 3.15 bits per heavy atom. The molecule has 0 aromatic carbocycles. The molecule has 2 nitrogen and oxygen atoms in total. The zero-order valence-corrected chi connectivity index (χ0v) is 8.30. The SMILES string of the molecule is CCCc1csc(-c2ccoc2)n1. The lowest BCUT2D eigenvalue weighted by molar-refractivity contribution is 0.568. The summed E-state index contributed by atoms with van der Waals surface area (Å²) in [4.78, 5) is 4.50. The lowest BCUT2D eigenvalue weighted by Gasteiger charge is -1.88. The quantitative estimate of drug-likeness (QED) is 0.747. The third kappa shape index (κ3) is 1.80. The highest BCUT2D eigenvalue weighted by Crippen LogP contribution is 2.24. The molecule has 2 aromatic rings. The fraction of sp³-hybridized carbons (Fsp3) is 0.300. The van der Waals surface area contributed by atoms with Gasteiger partial charge in [0.25, 0.3) is 0 Å². The molecular formula is C10H11NOS. The number of thiazole rings is 1. The van der Waals surface area contributed by atoms with Gasteiger partial charge in [0.2, 0.25) is 0 Å². The van der Waals surface area contributed by atoms with E-state index in [-0.39, 0.29) is 0 Å². The van der Waals surface area contributed by atoms with Crippen LogP contribution in [-0.4, -0.2) is 4.98 Å². The summed E-state index contributed by atoms with van der Waals surface area (Å²) < 4.78 is 5.00. The van der Waals surface area contributed by atoms with E-state index in [1.807, 2.05) is 6.07 Å². The monoisotopic (exact) mass is 193 g/mol. The molecule has 0 atom stereocenters. The van der Waals surface area contributed by atoms with Crippen LogP contribution in [0.4, 0.5) is 0 Å². The second kappa shape index (κ2) is 3.75. The first kappa shape index (κ1) is 8.51. The Labute approximate surface area is 81.2 Å². The molecule has 0 saturated heterocycles. The Morgan fingerprint density at radius 2 is 2.46 bits per heavy atom. The average molecular weight is 193 g/mol. The lowest BCUT2D eigenvalue weighted by Crippen LogP contribution is -1.81. The molecule has 0 radical (unpaired) electrons. The molecule has 3 heteroatoms. The fourth-order valence-electron chi connectivity index (χ4n) is 1.20. The van der Waals surface area contributed by atoms with Gasteiger partial charge in [-0.1, -0.05) is 13.3 Å². The third-order valence-corrected chi connectivity index (χ3v) is 2.77. The van der Waals surface area contributed by atoms with Crippen molar-refractivity contribution in [1.82, 2.24) is 4.98 Å². The highest BCUT2D eigenvalue weighted by molar-refractivity contribution is 7.13. The number of nitrogens with zero attached hydrogens (tertiary/aromatic N) is 1. The van der Waals surface area contributed by atoms with Gasteiger partial charge in [-0.2, -0.15) is 0 Å². The Morgan fingerprint density at radius 1 is 1.54 bits per heavy atom. The van der Waals surface area contributed by atoms with E-state index in [0.29, 0.717) is 0 Å². The summed E-state index contributed by atoms with van der Waals surface area (Å²) in [5.41, 5.74) is 2.26. The van der Waals surface area contributed by atoms with Gasteiger partial charge in [-0.05, 0) is 12.5 Å². The van der Waals surface area contributed by atoms with Crippen LogP contribution in [0, 0.1) is 0 Å². The summed E-state index contributed by atoms with van der Waals surface area (Å²) in [7, 11) is 0. The van der Waals surface area contributed by atoms with Crippen LogP contribution in [0.15, 0.2) is 28.4 Å². The molecule has 13 heavy (non-hydrogen) atoms. The van der Waals surface area contributed by atoms with E-state index in [9.17, 15) is 0 Å². The van der Waals surface area contributed by atoms with Crippen molar-refractivity contribution >= 4 is 11.3 Å². The molecule has 68 valence electrons. The van der Waals surface area contributed by atoms with Crippen LogP contribution >= 0.6 is 11.3 Å². The molecule has 0 aliphatic carbocycles. The van der Waals surface area contributed by atoms with Crippen molar-refractivity contribution in [2.45, 2.75) is 19.8 Å². The van der Waals surface area contributed by atoms with E-state index >= 15 is 0 Å². The molecule has 0 spiro atoms. The van der Waals surface area contributed by atoms with E-state index in [1.54, 1.807) is 23.9 Å². The average Bonchev–Trinajstić information content (AvgIpc) is 2.70. The zero-order chi connectivity index (χ0) is 9.10. The number of furan rings is 1. The Bertz CT molecular complexity index is 364. The van der Waals surface area contributed by atoms with Gasteiger partial charge in [0.05, 0.1) is 12.0 Å². The number of hydrogen-bond acceptors (Lipinski definition) is 3. The van der Waals surface area contributed by atoms with E-state index in [1.165, 1.54) is 5.69 Å². The Hall–Kier alpha value is -1.09. The van der Waals surface area contributed by atoms with E-state index in [4.69, 9.17) is 4.42 Å². The first-order valence-corrected chi connectivity index (χ1v) is 5.25. The number of aryl methyl sites for hydroxylation is 1. The summed E-state index contributed by atoms with van der Waals surface area (Å²) in [5, 5.41) is 3.17. The first-order valence-electron chi connectivity index (χ1n) is 4.37. The summed E-state index contributed by atoms with van der Waals surface area (Å²) in [5.74, 6) is 0. The normalized spacial score (nSPS) is 10.5. The van der Waals surface area contributed by atoms with Crippen LogP contribution < -0.4 is 0 Å². The van der Waals surface area contributed by atoms with Crippen molar-refractivity contribution < 1.29 is 4.42 Å². The van der Waals surface area contributed by atoms with Gasteiger partial charge in [0.15, 0.2) is 0 Å². The van der Waals surface area contributed by atoms with Crippen molar-refractivity contribution in [3.63, 3.8) is 0 Å². The zero-order valence-electron chi connectivity index (χ0n) is 7.49. The van der Waals surface area contributed by atoms with Gasteiger partial charge < -0.3 is 4.42 Å². The fourth-order valence-corrected chi connectivity index (χ4v) is 2.04. The number of rotatable bonds is 3. The summed E-state index contributed by atoms with van der Waals surface area (Å²) in [6, 6.07) is 1.94. The predicted octanol–water partition coefficient (Wildman–Crippen LogP) is 3.36. The molecule has 0 saturated carbocycles. The van der Waals surface area contributed by atoms with Crippen molar-refractivity contribution in [3.8, 4) is 10.6 Å². The van der Waals surface area contributed by atoms with Crippen LogP contribution in [-0.2, 0) is 6.42 Å². The lowest BCUT2D eigenvalue weighted by atomic mass is 10.3. The van der Waals surface area contributed by atoms with Crippen LogP contribution in [0.1, 0.15) is 19.0 Å². The molecule has 0 unspecified atom stereocenters. The molecular weight excluding hydrogens is 182 g/mol. The molecule has 2 heterocycles. The minimum Gasteiger partial charge on any atom is -0.472 e. The Kier molecular flexibility index (Phi) is 2.45. The van der Waals surface area contributed by atoms with E-state index < -0.39 is 0 Å². The third-order valence-electron chi connectivity index (χ3n) is 1.83. The highest BCUT2D eigenvalue weighted by Gasteiger charge is 2.04. The molecule has 0 fully saturated rings. The molecule has 2 aromatic heterocycles. The number of aromatic nitrogens is 1. The molecule has 0 aliphatic rings. The van der Waals surface area contributed by atoms with Crippen LogP contribution in [0.25, 0.3) is 10.6 Å². The van der Waals surface area contributed by atoms with Crippen LogP contribution in [0.2, 0.25) is 0 Å². The highest BCUT2D eigenvalue weighted by atomic mass is 32.1. The van der Waals surface area contributed by atoms with Gasteiger partial charge >= 0.3 is 0 Å². The predicted molar refractivity (Wildman–Crippen MR) is 53.8 cm³/mol. The molecule has 0 N–H and O–H groups in total. The minimum atomic E-state index is 1.05. The van der Waals surface area contributed by atoms with Crippen molar-refractivity contribution in [3.05, 3.63) is 29.7 Å². The maximum Gasteiger partial charge on any atom is 0.126 e. The minimum absolute atomic E-state index is 1.05. The summed E-state index contributed by atoms with van der Waals surface area (Å²) in [6.07, 6.45) is 5.62. The van der Waals surface area contributed by atoms with Gasteiger partial charge in [-0.15, -0.1) is 11.3 Å². The number of hydrogen-bond donors (Lipinski definition) is 0. The van der Waals surface area contributed by atoms with E-state index in [0.717, 1.165) is 23.4 Å². The maximum absolute atomic E-state index is 5.00. The van der Waals surface area contributed by atoms with Gasteiger partial charge in [0.1, 0.15) is 11.3 Å². The maximum atomic E-state index is 5.00. The van der Waals surface area contributed by atoms with Gasteiger partial charge in [-0.3, -0.25) is 0 Å². The smallest absolute Gasteiger partial charge is 0.126 e.